The fourth-order valence-corrected chi connectivity index (χ4v) is 1.99. The Morgan fingerprint density at radius 2 is 2.06 bits per heavy atom. The molecule has 0 saturated carbocycles. The molecule has 3 nitrogen and oxygen atoms in total. The van der Waals surface area contributed by atoms with Crippen LogP contribution < -0.4 is 5.32 Å². The van der Waals surface area contributed by atoms with Gasteiger partial charge in [-0.15, -0.1) is 0 Å². The van der Waals surface area contributed by atoms with Crippen LogP contribution in [0.15, 0.2) is 18.2 Å². The molecule has 3 heteroatoms. The third-order valence-electron chi connectivity index (χ3n) is 2.93. The van der Waals surface area contributed by atoms with E-state index in [9.17, 15) is 4.79 Å². The number of methoxy groups -OCH3 is 1. The molecule has 1 unspecified atom stereocenters. The number of carbonyl (C=O) groups is 1. The molecule has 0 aliphatic heterocycles. The molecule has 0 aliphatic rings. The van der Waals surface area contributed by atoms with Crippen molar-refractivity contribution < 1.29 is 9.53 Å². The summed E-state index contributed by atoms with van der Waals surface area (Å²) in [5.41, 5.74) is 3.64. The Labute approximate surface area is 103 Å². The molecule has 0 radical (unpaired) electrons. The summed E-state index contributed by atoms with van der Waals surface area (Å²) in [5, 5.41) is 3.21. The molecule has 1 atom stereocenters. The minimum Gasteiger partial charge on any atom is -0.467 e. The van der Waals surface area contributed by atoms with E-state index in [-0.39, 0.29) is 12.0 Å². The van der Waals surface area contributed by atoms with E-state index in [4.69, 9.17) is 4.74 Å². The maximum atomic E-state index is 11.4. The number of rotatable bonds is 5. The van der Waals surface area contributed by atoms with Gasteiger partial charge in [0.2, 0.25) is 0 Å². The van der Waals surface area contributed by atoms with Gasteiger partial charge in [0.25, 0.3) is 0 Å². The van der Waals surface area contributed by atoms with E-state index in [1.807, 2.05) is 19.1 Å². The first-order chi connectivity index (χ1) is 8.13. The summed E-state index contributed by atoms with van der Waals surface area (Å²) in [4.78, 5) is 11.4. The van der Waals surface area contributed by atoms with Gasteiger partial charge >= 0.3 is 5.97 Å². The number of hydrogen-bond donors (Lipinski definition) is 1. The molecule has 17 heavy (non-hydrogen) atoms. The number of ether oxygens (including phenoxy) is 1. The van der Waals surface area contributed by atoms with E-state index in [0.29, 0.717) is 0 Å². The molecule has 0 aromatic heterocycles. The molecule has 0 aliphatic carbocycles. The summed E-state index contributed by atoms with van der Waals surface area (Å²) in [6.45, 7) is 6.08. The lowest BCUT2D eigenvalue weighted by Crippen LogP contribution is -2.27. The zero-order chi connectivity index (χ0) is 12.8. The summed E-state index contributed by atoms with van der Waals surface area (Å²) < 4.78 is 4.71. The van der Waals surface area contributed by atoms with E-state index in [1.165, 1.54) is 18.2 Å². The summed E-state index contributed by atoms with van der Waals surface area (Å²) >= 11 is 0. The maximum Gasteiger partial charge on any atom is 0.327 e. The van der Waals surface area contributed by atoms with Gasteiger partial charge in [0, 0.05) is 5.69 Å². The van der Waals surface area contributed by atoms with E-state index >= 15 is 0 Å². The van der Waals surface area contributed by atoms with Crippen LogP contribution in [0.5, 0.6) is 0 Å². The van der Waals surface area contributed by atoms with Crippen LogP contribution in [-0.2, 0) is 22.4 Å². The highest BCUT2D eigenvalue weighted by Crippen LogP contribution is 2.22. The Hall–Kier alpha value is -1.51. The molecule has 0 heterocycles. The third-order valence-corrected chi connectivity index (χ3v) is 2.93. The minimum atomic E-state index is -0.322. The Morgan fingerprint density at radius 1 is 1.35 bits per heavy atom. The second-order valence-corrected chi connectivity index (χ2v) is 4.04. The summed E-state index contributed by atoms with van der Waals surface area (Å²) in [6.07, 6.45) is 1.96. The van der Waals surface area contributed by atoms with Gasteiger partial charge in [0.15, 0.2) is 0 Å². The predicted octanol–water partition coefficient (Wildman–Crippen LogP) is 2.78. The van der Waals surface area contributed by atoms with Crippen molar-refractivity contribution in [3.63, 3.8) is 0 Å². The van der Waals surface area contributed by atoms with Gasteiger partial charge in [-0.1, -0.05) is 26.0 Å². The molecule has 1 rings (SSSR count). The lowest BCUT2D eigenvalue weighted by Gasteiger charge is -2.18. The average Bonchev–Trinajstić information content (AvgIpc) is 2.37. The van der Waals surface area contributed by atoms with Gasteiger partial charge in [-0.25, -0.2) is 4.79 Å². The number of carbonyl (C=O) groups excluding carboxylic acids is 1. The van der Waals surface area contributed by atoms with Crippen LogP contribution in [-0.4, -0.2) is 19.1 Å². The molecule has 0 spiro atoms. The average molecular weight is 235 g/mol. The van der Waals surface area contributed by atoms with E-state index in [2.05, 4.69) is 25.2 Å². The number of benzene rings is 1. The quantitative estimate of drug-likeness (QED) is 0.797. The van der Waals surface area contributed by atoms with Crippen LogP contribution in [0, 0.1) is 0 Å². The number of esters is 1. The monoisotopic (exact) mass is 235 g/mol. The number of anilines is 1. The van der Waals surface area contributed by atoms with Gasteiger partial charge in [0.05, 0.1) is 7.11 Å². The predicted molar refractivity (Wildman–Crippen MR) is 70.3 cm³/mol. The molecule has 94 valence electrons. The highest BCUT2D eigenvalue weighted by atomic mass is 16.5. The number of nitrogens with one attached hydrogen (secondary N) is 1. The van der Waals surface area contributed by atoms with Crippen molar-refractivity contribution >= 4 is 11.7 Å². The number of hydrogen-bond acceptors (Lipinski definition) is 3. The Bertz CT molecular complexity index is 388. The Morgan fingerprint density at radius 3 is 2.59 bits per heavy atom. The van der Waals surface area contributed by atoms with Crippen molar-refractivity contribution in [3.8, 4) is 0 Å². The second kappa shape index (κ2) is 6.28. The Balaban J connectivity index is 2.94. The molecule has 1 aromatic carbocycles. The summed E-state index contributed by atoms with van der Waals surface area (Å²) in [7, 11) is 1.41. The Kier molecular flexibility index (Phi) is 5.01. The van der Waals surface area contributed by atoms with Gasteiger partial charge in [-0.05, 0) is 37.0 Å². The van der Waals surface area contributed by atoms with Crippen molar-refractivity contribution in [2.24, 2.45) is 0 Å². The van der Waals surface area contributed by atoms with Crippen LogP contribution >= 0.6 is 0 Å². The van der Waals surface area contributed by atoms with Crippen molar-refractivity contribution in [3.05, 3.63) is 29.3 Å². The zero-order valence-electron chi connectivity index (χ0n) is 11.0. The van der Waals surface area contributed by atoms with E-state index < -0.39 is 0 Å². The van der Waals surface area contributed by atoms with Gasteiger partial charge in [-0.3, -0.25) is 0 Å². The van der Waals surface area contributed by atoms with Gasteiger partial charge in [0.1, 0.15) is 6.04 Å². The highest BCUT2D eigenvalue weighted by Gasteiger charge is 2.14. The van der Waals surface area contributed by atoms with Crippen molar-refractivity contribution in [1.82, 2.24) is 0 Å². The van der Waals surface area contributed by atoms with Crippen LogP contribution in [0.25, 0.3) is 0 Å². The molecule has 1 N–H and O–H groups in total. The molecular formula is C14H21NO2. The smallest absolute Gasteiger partial charge is 0.327 e. The van der Waals surface area contributed by atoms with Crippen LogP contribution in [0.4, 0.5) is 5.69 Å². The van der Waals surface area contributed by atoms with Gasteiger partial charge < -0.3 is 10.1 Å². The molecule has 0 amide bonds. The molecule has 0 fully saturated rings. The summed E-state index contributed by atoms with van der Waals surface area (Å²) in [5.74, 6) is -0.242. The first-order valence-electron chi connectivity index (χ1n) is 6.09. The zero-order valence-corrected chi connectivity index (χ0v) is 11.0. The second-order valence-electron chi connectivity index (χ2n) is 4.04. The SMILES string of the molecule is CCc1cccc(NC(C)C(=O)OC)c1CC. The van der Waals surface area contributed by atoms with Crippen molar-refractivity contribution in [2.45, 2.75) is 39.7 Å². The topological polar surface area (TPSA) is 38.3 Å². The van der Waals surface area contributed by atoms with E-state index in [0.717, 1.165) is 18.5 Å². The van der Waals surface area contributed by atoms with Crippen LogP contribution in [0.1, 0.15) is 31.9 Å². The largest absolute Gasteiger partial charge is 0.467 e. The van der Waals surface area contributed by atoms with Gasteiger partial charge in [-0.2, -0.15) is 0 Å². The normalized spacial score (nSPS) is 12.0. The fraction of sp³-hybridized carbons (Fsp3) is 0.500. The minimum absolute atomic E-state index is 0.242. The molecular weight excluding hydrogens is 214 g/mol. The first-order valence-corrected chi connectivity index (χ1v) is 6.09. The lowest BCUT2D eigenvalue weighted by molar-refractivity contribution is -0.141. The van der Waals surface area contributed by atoms with Crippen molar-refractivity contribution in [1.29, 1.82) is 0 Å². The molecule has 1 aromatic rings. The van der Waals surface area contributed by atoms with Crippen molar-refractivity contribution in [2.75, 3.05) is 12.4 Å². The third kappa shape index (κ3) is 3.22. The summed E-state index contributed by atoms with van der Waals surface area (Å²) in [6, 6.07) is 5.84. The molecule has 0 saturated heterocycles. The van der Waals surface area contributed by atoms with Crippen LogP contribution in [0.3, 0.4) is 0 Å². The maximum absolute atomic E-state index is 11.4. The van der Waals surface area contributed by atoms with Crippen LogP contribution in [0.2, 0.25) is 0 Å². The lowest BCUT2D eigenvalue weighted by atomic mass is 10.0. The fourth-order valence-electron chi connectivity index (χ4n) is 1.99. The van der Waals surface area contributed by atoms with E-state index in [1.54, 1.807) is 0 Å². The highest BCUT2D eigenvalue weighted by molar-refractivity contribution is 5.79. The standard InChI is InChI=1S/C14H21NO2/c1-5-11-8-7-9-13(12(11)6-2)15-10(3)14(16)17-4/h7-10,15H,5-6H2,1-4H3. The first kappa shape index (κ1) is 13.6. The number of aryl methyl sites for hydroxylation is 1. The molecule has 0 bridgehead atoms.